The first-order valence-electron chi connectivity index (χ1n) is 13.6. The van der Waals surface area contributed by atoms with Gasteiger partial charge in [0.1, 0.15) is 0 Å². The zero-order valence-electron chi connectivity index (χ0n) is 22.4. The molecule has 3 N–H and O–H groups in total. The number of nitrogens with one attached hydrogen (secondary N) is 2. The largest absolute Gasteiger partial charge is 0.394 e. The molecule has 1 saturated heterocycles. The van der Waals surface area contributed by atoms with Gasteiger partial charge in [-0.1, -0.05) is 42.0 Å². The van der Waals surface area contributed by atoms with Crippen molar-refractivity contribution < 1.29 is 24.2 Å². The van der Waals surface area contributed by atoms with Crippen molar-refractivity contribution in [3.63, 3.8) is 0 Å². The number of carbonyl (C=O) groups excluding carboxylic acids is 2. The first-order valence-corrected chi connectivity index (χ1v) is 13.9. The molecular formula is C29H34ClN5O5. The zero-order valence-corrected chi connectivity index (χ0v) is 23.2. The molecule has 1 aliphatic carbocycles. The number of anilines is 1. The van der Waals surface area contributed by atoms with E-state index >= 15 is 0 Å². The number of benzene rings is 1. The predicted molar refractivity (Wildman–Crippen MR) is 151 cm³/mol. The third-order valence-electron chi connectivity index (χ3n) is 7.47. The molecule has 10 nitrogen and oxygen atoms in total. The van der Waals surface area contributed by atoms with Crippen LogP contribution in [0.4, 0.5) is 5.95 Å². The van der Waals surface area contributed by atoms with Crippen molar-refractivity contribution in [2.75, 3.05) is 45.3 Å². The number of fused-ring (bicyclic) bond motifs is 1. The Labute approximate surface area is 238 Å². The summed E-state index contributed by atoms with van der Waals surface area (Å²) in [4.78, 5) is 36.9. The molecule has 1 aromatic heterocycles. The highest BCUT2D eigenvalue weighted by molar-refractivity contribution is 6.33. The lowest BCUT2D eigenvalue weighted by Crippen LogP contribution is -2.48. The molecule has 0 bridgehead atoms. The molecule has 40 heavy (non-hydrogen) atoms. The summed E-state index contributed by atoms with van der Waals surface area (Å²) >= 11 is 6.48. The summed E-state index contributed by atoms with van der Waals surface area (Å²) in [5.41, 5.74) is 3.44. The minimum absolute atomic E-state index is 0.0996. The fraction of sp³-hybridized carbons (Fsp3) is 0.448. The Hall–Kier alpha value is -3.31. The molecular weight excluding hydrogens is 534 g/mol. The highest BCUT2D eigenvalue weighted by Crippen LogP contribution is 2.30. The van der Waals surface area contributed by atoms with E-state index in [2.05, 4.69) is 20.6 Å². The lowest BCUT2D eigenvalue weighted by molar-refractivity contribution is -0.122. The lowest BCUT2D eigenvalue weighted by atomic mass is 9.95. The van der Waals surface area contributed by atoms with Gasteiger partial charge in [-0.3, -0.25) is 9.59 Å². The van der Waals surface area contributed by atoms with Crippen LogP contribution in [0, 0.1) is 0 Å². The fourth-order valence-corrected chi connectivity index (χ4v) is 5.40. The van der Waals surface area contributed by atoms with Crippen LogP contribution in [0.3, 0.4) is 0 Å². The van der Waals surface area contributed by atoms with E-state index in [1.54, 1.807) is 19.4 Å². The number of amides is 2. The van der Waals surface area contributed by atoms with Gasteiger partial charge in [0.2, 0.25) is 11.9 Å². The van der Waals surface area contributed by atoms with Crippen molar-refractivity contribution in [1.82, 2.24) is 20.2 Å². The van der Waals surface area contributed by atoms with Gasteiger partial charge in [-0.25, -0.2) is 9.97 Å². The van der Waals surface area contributed by atoms with E-state index in [-0.39, 0.29) is 37.1 Å². The molecule has 0 radical (unpaired) electrons. The van der Waals surface area contributed by atoms with Crippen LogP contribution in [0.1, 0.15) is 35.2 Å². The van der Waals surface area contributed by atoms with Crippen molar-refractivity contribution in [2.45, 2.75) is 43.9 Å². The smallest absolute Gasteiger partial charge is 0.254 e. The van der Waals surface area contributed by atoms with Gasteiger partial charge in [-0.15, -0.1) is 0 Å². The van der Waals surface area contributed by atoms with E-state index in [9.17, 15) is 14.7 Å². The number of nitrogens with zero attached hydrogens (tertiary/aromatic N) is 3. The maximum absolute atomic E-state index is 13.5. The molecule has 2 amide bonds. The normalized spacial score (nSPS) is 20.1. The van der Waals surface area contributed by atoms with Crippen LogP contribution < -0.4 is 10.6 Å². The number of aromatic nitrogens is 2. The Morgan fingerprint density at radius 1 is 1.32 bits per heavy atom. The molecule has 11 heteroatoms. The molecule has 0 saturated carbocycles. The molecule has 1 fully saturated rings. The van der Waals surface area contributed by atoms with Crippen molar-refractivity contribution in [1.29, 1.82) is 0 Å². The molecule has 2 aromatic rings. The fourth-order valence-electron chi connectivity index (χ4n) is 5.20. The van der Waals surface area contributed by atoms with Crippen molar-refractivity contribution >= 4 is 29.4 Å². The Morgan fingerprint density at radius 3 is 2.92 bits per heavy atom. The Balaban J connectivity index is 1.28. The van der Waals surface area contributed by atoms with E-state index < -0.39 is 6.04 Å². The average Bonchev–Trinajstić information content (AvgIpc) is 2.99. The lowest BCUT2D eigenvalue weighted by Gasteiger charge is -2.29. The molecule has 1 aromatic carbocycles. The molecule has 0 spiro atoms. The summed E-state index contributed by atoms with van der Waals surface area (Å²) < 4.78 is 10.8. The number of ether oxygens (including phenoxy) is 2. The van der Waals surface area contributed by atoms with E-state index in [4.69, 9.17) is 21.1 Å². The summed E-state index contributed by atoms with van der Waals surface area (Å²) in [6.07, 6.45) is 10.3. The number of aliphatic hydroxyl groups excluding tert-OH is 1. The van der Waals surface area contributed by atoms with Crippen LogP contribution in [0.5, 0.6) is 0 Å². The first-order chi connectivity index (χ1) is 19.4. The van der Waals surface area contributed by atoms with E-state index in [0.29, 0.717) is 54.0 Å². The molecule has 3 aliphatic rings. The van der Waals surface area contributed by atoms with E-state index in [0.717, 1.165) is 30.4 Å². The monoisotopic (exact) mass is 567 g/mol. The van der Waals surface area contributed by atoms with Crippen molar-refractivity contribution in [3.8, 4) is 11.3 Å². The molecule has 1 unspecified atom stereocenters. The predicted octanol–water partition coefficient (Wildman–Crippen LogP) is 2.76. The van der Waals surface area contributed by atoms with Crippen molar-refractivity contribution in [2.24, 2.45) is 0 Å². The van der Waals surface area contributed by atoms with Crippen LogP contribution in [-0.4, -0.2) is 90.0 Å². The number of halogens is 1. The first kappa shape index (κ1) is 28.2. The number of carbonyl (C=O) groups is 2. The summed E-state index contributed by atoms with van der Waals surface area (Å²) in [7, 11) is 1.62. The average molecular weight is 568 g/mol. The number of rotatable bonds is 9. The quantitative estimate of drug-likeness (QED) is 0.422. The second-order valence-corrected chi connectivity index (χ2v) is 10.6. The topological polar surface area (TPSA) is 126 Å². The minimum atomic E-state index is -0.579. The van der Waals surface area contributed by atoms with Gasteiger partial charge in [-0.05, 0) is 42.9 Å². The number of aliphatic hydroxyl groups is 1. The van der Waals surface area contributed by atoms with Crippen LogP contribution >= 0.6 is 11.6 Å². The Morgan fingerprint density at radius 2 is 2.15 bits per heavy atom. The maximum Gasteiger partial charge on any atom is 0.254 e. The van der Waals surface area contributed by atoms with Crippen molar-refractivity contribution in [3.05, 3.63) is 64.3 Å². The number of hydrogen-bond donors (Lipinski definition) is 3. The van der Waals surface area contributed by atoms with Crippen LogP contribution in [0.25, 0.3) is 11.3 Å². The highest BCUT2D eigenvalue weighted by Gasteiger charge is 2.28. The SMILES string of the molecule is COC1C=C([C@@H](CO)NC(=O)CN2CCc3ccc(-c4nc(NC5CCOCC5)ncc4Cl)cc3C2=O)C=CC1. The molecule has 2 atom stereocenters. The summed E-state index contributed by atoms with van der Waals surface area (Å²) in [5.74, 6) is -0.101. The standard InChI is InChI=1S/C29H34ClN5O5/c1-39-22-4-2-3-19(13-22)25(17-36)33-26(37)16-35-10-7-18-5-6-20(14-23(18)28(35)38)27-24(30)15-31-29(34-27)32-21-8-11-40-12-9-21/h2-3,5-6,13-15,21-22,25,36H,4,7-12,16-17H2,1H3,(H,33,37)(H,31,32,34)/t22?,25-/m1/s1. The molecule has 5 rings (SSSR count). The third-order valence-corrected chi connectivity index (χ3v) is 7.74. The van der Waals surface area contributed by atoms with E-state index in [1.165, 1.54) is 4.90 Å². The Kier molecular flexibility index (Phi) is 9.11. The summed E-state index contributed by atoms with van der Waals surface area (Å²) in [5, 5.41) is 16.5. The molecule has 212 valence electrons. The second-order valence-electron chi connectivity index (χ2n) is 10.2. The van der Waals surface area contributed by atoms with Gasteiger partial charge < -0.3 is 30.1 Å². The van der Waals surface area contributed by atoms with Gasteiger partial charge >= 0.3 is 0 Å². The zero-order chi connectivity index (χ0) is 28.1. The summed E-state index contributed by atoms with van der Waals surface area (Å²) in [6.45, 7) is 1.44. The van der Waals surface area contributed by atoms with Gasteiger partial charge in [0.25, 0.3) is 5.91 Å². The van der Waals surface area contributed by atoms with Crippen LogP contribution in [0.15, 0.2) is 48.2 Å². The van der Waals surface area contributed by atoms with Crippen LogP contribution in [0.2, 0.25) is 5.02 Å². The second kappa shape index (κ2) is 12.9. The molecule has 2 aliphatic heterocycles. The number of hydrogen-bond acceptors (Lipinski definition) is 8. The maximum atomic E-state index is 13.5. The van der Waals surface area contributed by atoms with Gasteiger partial charge in [0.15, 0.2) is 0 Å². The van der Waals surface area contributed by atoms with Gasteiger partial charge in [0.05, 0.1) is 42.2 Å². The van der Waals surface area contributed by atoms with Crippen LogP contribution in [-0.2, 0) is 20.7 Å². The third kappa shape index (κ3) is 6.52. The molecule has 3 heterocycles. The minimum Gasteiger partial charge on any atom is -0.394 e. The number of methoxy groups -OCH3 is 1. The highest BCUT2D eigenvalue weighted by atomic mass is 35.5. The van der Waals surface area contributed by atoms with Gasteiger partial charge in [-0.2, -0.15) is 0 Å². The van der Waals surface area contributed by atoms with E-state index in [1.807, 2.05) is 30.4 Å². The summed E-state index contributed by atoms with van der Waals surface area (Å²) in [6, 6.07) is 5.26. The Bertz CT molecular complexity index is 1310. The van der Waals surface area contributed by atoms with Gasteiger partial charge in [0, 0.05) is 44.0 Å².